The van der Waals surface area contributed by atoms with E-state index in [0.29, 0.717) is 28.9 Å². The fourth-order valence-electron chi connectivity index (χ4n) is 2.02. The van der Waals surface area contributed by atoms with E-state index in [1.807, 2.05) is 13.8 Å². The van der Waals surface area contributed by atoms with Gasteiger partial charge in [0.2, 0.25) is 0 Å². The number of esters is 1. The Hall–Kier alpha value is -2.29. The summed E-state index contributed by atoms with van der Waals surface area (Å²) >= 11 is 1.27. The third-order valence-electron chi connectivity index (χ3n) is 3.13. The van der Waals surface area contributed by atoms with Gasteiger partial charge in [0, 0.05) is 20.4 Å². The van der Waals surface area contributed by atoms with Gasteiger partial charge < -0.3 is 21.1 Å². The summed E-state index contributed by atoms with van der Waals surface area (Å²) in [5.74, 6) is 0.336. The molecule has 1 aliphatic rings. The molecule has 152 valence electrons. The average Bonchev–Trinajstić information content (AvgIpc) is 3.08. The third-order valence-corrected chi connectivity index (χ3v) is 4.21. The van der Waals surface area contributed by atoms with Gasteiger partial charge in [-0.3, -0.25) is 4.99 Å². The lowest BCUT2D eigenvalue weighted by molar-refractivity contribution is -0.141. The van der Waals surface area contributed by atoms with Crippen LogP contribution in [0.4, 0.5) is 0 Å². The van der Waals surface area contributed by atoms with Crippen molar-refractivity contribution in [3.05, 3.63) is 29.2 Å². The van der Waals surface area contributed by atoms with E-state index in [0.717, 1.165) is 12.8 Å². The molecule has 1 aromatic rings. The molecule has 0 aromatic carbocycles. The van der Waals surface area contributed by atoms with Crippen molar-refractivity contribution in [2.75, 3.05) is 6.54 Å². The van der Waals surface area contributed by atoms with Crippen LogP contribution in [0.2, 0.25) is 0 Å². The van der Waals surface area contributed by atoms with Crippen LogP contribution in [-0.4, -0.2) is 40.0 Å². The maximum Gasteiger partial charge on any atom is 0.347 e. The second kappa shape index (κ2) is 12.2. The van der Waals surface area contributed by atoms with Gasteiger partial charge in [-0.15, -0.1) is 0 Å². The van der Waals surface area contributed by atoms with Crippen molar-refractivity contribution in [3.63, 3.8) is 0 Å². The fourth-order valence-corrected chi connectivity index (χ4v) is 3.02. The number of aromatic nitrogens is 2. The number of nitrogens with zero attached hydrogens (tertiary/aromatic N) is 3. The monoisotopic (exact) mass is 396 g/mol. The molecule has 0 fully saturated rings. The predicted molar refractivity (Wildman–Crippen MR) is 113 cm³/mol. The number of carbonyl (C=O) groups is 1. The highest BCUT2D eigenvalue weighted by Crippen LogP contribution is 2.34. The average molecular weight is 397 g/mol. The number of carbonyl (C=O) groups excluding carboxylic acids is 1. The van der Waals surface area contributed by atoms with E-state index in [4.69, 9.17) is 10.5 Å². The van der Waals surface area contributed by atoms with E-state index in [9.17, 15) is 4.79 Å². The molecule has 0 aliphatic carbocycles. The number of ether oxygens (including phenoxy) is 1. The zero-order chi connectivity index (χ0) is 20.2. The standard InChI is InChI=1S/C16H24N6O2S.C2H6.H2/c1-4-5-7-20-15(17)22-16-21-11(13-18-8-6-9-19-13)12(25-16)14(23)24-10(2)3;1-2;/h6,8-10,16,21H,4-5,7H2,1-3H3,(H3,17,20,22);1-2H3;1H. The number of nitrogens with two attached hydrogens (primary N) is 1. The highest BCUT2D eigenvalue weighted by molar-refractivity contribution is 8.05. The van der Waals surface area contributed by atoms with Gasteiger partial charge in [0.1, 0.15) is 10.6 Å². The molecule has 0 saturated heterocycles. The highest BCUT2D eigenvalue weighted by Gasteiger charge is 2.32. The summed E-state index contributed by atoms with van der Waals surface area (Å²) < 4.78 is 5.32. The van der Waals surface area contributed by atoms with Crippen LogP contribution in [0.5, 0.6) is 0 Å². The van der Waals surface area contributed by atoms with E-state index >= 15 is 0 Å². The molecule has 0 bridgehead atoms. The molecule has 1 unspecified atom stereocenters. The lowest BCUT2D eigenvalue weighted by atomic mass is 10.3. The number of unbranched alkanes of at least 4 members (excludes halogenated alkanes) is 1. The molecule has 1 aromatic heterocycles. The van der Waals surface area contributed by atoms with Crippen molar-refractivity contribution >= 4 is 29.4 Å². The molecule has 27 heavy (non-hydrogen) atoms. The first kappa shape index (κ1) is 22.8. The van der Waals surface area contributed by atoms with Gasteiger partial charge in [-0.2, -0.15) is 0 Å². The number of aliphatic imine (C=N–C) groups is 1. The van der Waals surface area contributed by atoms with Gasteiger partial charge in [0.15, 0.2) is 17.3 Å². The molecule has 0 saturated carbocycles. The van der Waals surface area contributed by atoms with Crippen LogP contribution >= 0.6 is 11.8 Å². The van der Waals surface area contributed by atoms with E-state index in [-0.39, 0.29) is 13.0 Å². The van der Waals surface area contributed by atoms with Crippen molar-refractivity contribution in [1.82, 2.24) is 20.6 Å². The topological polar surface area (TPSA) is 115 Å². The first-order chi connectivity index (χ1) is 13.0. The maximum atomic E-state index is 12.4. The number of hydrogen-bond acceptors (Lipinski definition) is 7. The second-order valence-electron chi connectivity index (χ2n) is 5.64. The van der Waals surface area contributed by atoms with Crippen LogP contribution in [0.3, 0.4) is 0 Å². The Balaban J connectivity index is 0.00000235. The van der Waals surface area contributed by atoms with E-state index in [1.165, 1.54) is 11.8 Å². The maximum absolute atomic E-state index is 12.4. The first-order valence-electron chi connectivity index (χ1n) is 9.23. The highest BCUT2D eigenvalue weighted by atomic mass is 32.2. The minimum absolute atomic E-state index is 0. The number of hydrogen-bond donors (Lipinski definition) is 3. The molecule has 0 spiro atoms. The van der Waals surface area contributed by atoms with Gasteiger partial charge in [-0.25, -0.2) is 14.8 Å². The molecule has 0 radical (unpaired) electrons. The molecule has 2 rings (SSSR count). The van der Waals surface area contributed by atoms with Crippen LogP contribution in [-0.2, 0) is 9.53 Å². The summed E-state index contributed by atoms with van der Waals surface area (Å²) in [4.78, 5) is 25.5. The lowest BCUT2D eigenvalue weighted by Gasteiger charge is -2.14. The summed E-state index contributed by atoms with van der Waals surface area (Å²) in [5, 5.41) is 6.23. The Morgan fingerprint density at radius 3 is 2.70 bits per heavy atom. The van der Waals surface area contributed by atoms with Gasteiger partial charge in [-0.1, -0.05) is 39.0 Å². The fraction of sp³-hybridized carbons (Fsp3) is 0.556. The summed E-state index contributed by atoms with van der Waals surface area (Å²) in [7, 11) is 0. The van der Waals surface area contributed by atoms with Gasteiger partial charge in [-0.05, 0) is 26.3 Å². The normalized spacial score (nSPS) is 16.5. The molecule has 8 nitrogen and oxygen atoms in total. The minimum atomic E-state index is -0.416. The van der Waals surface area contributed by atoms with Crippen LogP contribution in [0.1, 0.15) is 54.7 Å². The van der Waals surface area contributed by atoms with Crippen LogP contribution in [0, 0.1) is 0 Å². The third kappa shape index (κ3) is 7.46. The summed E-state index contributed by atoms with van der Waals surface area (Å²) in [6.07, 6.45) is 5.05. The van der Waals surface area contributed by atoms with Crippen molar-refractivity contribution in [2.24, 2.45) is 10.7 Å². The van der Waals surface area contributed by atoms with Gasteiger partial charge >= 0.3 is 5.97 Å². The predicted octanol–water partition coefficient (Wildman–Crippen LogP) is 2.69. The van der Waals surface area contributed by atoms with Crippen LogP contribution < -0.4 is 16.4 Å². The quantitative estimate of drug-likeness (QED) is 0.279. The zero-order valence-electron chi connectivity index (χ0n) is 16.7. The second-order valence-corrected chi connectivity index (χ2v) is 6.75. The van der Waals surface area contributed by atoms with Crippen LogP contribution in [0.25, 0.3) is 5.70 Å². The molecular weight excluding hydrogens is 364 g/mol. The van der Waals surface area contributed by atoms with Gasteiger partial charge in [0.25, 0.3) is 0 Å². The SMILES string of the molecule is CC.CCCCN=C(N)NC1NC(c2ncccn2)=C(C(=O)OC(C)C)S1.[HH]. The molecule has 9 heteroatoms. The zero-order valence-corrected chi connectivity index (χ0v) is 17.5. The van der Waals surface area contributed by atoms with E-state index in [2.05, 4.69) is 32.5 Å². The Morgan fingerprint density at radius 1 is 1.44 bits per heavy atom. The summed E-state index contributed by atoms with van der Waals surface area (Å²) in [5.41, 5.74) is 6.08. The van der Waals surface area contributed by atoms with Gasteiger partial charge in [0.05, 0.1) is 6.10 Å². The summed E-state index contributed by atoms with van der Waals surface area (Å²) in [6.45, 7) is 10.4. The number of guanidine groups is 1. The smallest absolute Gasteiger partial charge is 0.347 e. The lowest BCUT2D eigenvalue weighted by Crippen LogP contribution is -2.44. The molecule has 2 heterocycles. The van der Waals surface area contributed by atoms with Crippen molar-refractivity contribution < 1.29 is 11.0 Å². The first-order valence-corrected chi connectivity index (χ1v) is 10.1. The number of rotatable bonds is 7. The summed E-state index contributed by atoms with van der Waals surface area (Å²) in [6, 6.07) is 1.71. The number of nitrogens with one attached hydrogen (secondary N) is 2. The van der Waals surface area contributed by atoms with E-state index < -0.39 is 5.97 Å². The molecular formula is C18H32N6O2S. The molecule has 1 aliphatic heterocycles. The van der Waals surface area contributed by atoms with Crippen molar-refractivity contribution in [1.29, 1.82) is 0 Å². The molecule has 0 amide bonds. The molecule has 1 atom stereocenters. The van der Waals surface area contributed by atoms with Crippen LogP contribution in [0.15, 0.2) is 28.4 Å². The Kier molecular flexibility index (Phi) is 10.2. The Labute approximate surface area is 167 Å². The Bertz CT molecular complexity index is 655. The Morgan fingerprint density at radius 2 is 2.11 bits per heavy atom. The number of thioether (sulfide) groups is 1. The largest absolute Gasteiger partial charge is 0.459 e. The van der Waals surface area contributed by atoms with Crippen molar-refractivity contribution in [3.8, 4) is 0 Å². The molecule has 4 N–H and O–H groups in total. The minimum Gasteiger partial charge on any atom is -0.459 e. The van der Waals surface area contributed by atoms with E-state index in [1.54, 1.807) is 32.3 Å². The van der Waals surface area contributed by atoms with Crippen molar-refractivity contribution in [2.45, 2.75) is 59.1 Å².